The predicted octanol–water partition coefficient (Wildman–Crippen LogP) is 3.81. The Bertz CT molecular complexity index is 924. The zero-order chi connectivity index (χ0) is 22.2. The third kappa shape index (κ3) is 4.92. The van der Waals surface area contributed by atoms with Gasteiger partial charge in [-0.1, -0.05) is 12.5 Å². The number of carbonyl (C=O) groups excluding carboxylic acids is 1. The summed E-state index contributed by atoms with van der Waals surface area (Å²) >= 11 is 0. The number of hydrogen-bond donors (Lipinski definition) is 1. The van der Waals surface area contributed by atoms with Gasteiger partial charge in [-0.15, -0.1) is 0 Å². The molecule has 0 spiro atoms. The SMILES string of the molecule is O=C(NC1CCCC(C(F)(F)F)C1)C1CCN(S(=O)(=O)c2ccc3c(c2)CCC3)CC1. The van der Waals surface area contributed by atoms with Crippen molar-refractivity contribution in [3.05, 3.63) is 29.3 Å². The number of benzene rings is 1. The van der Waals surface area contributed by atoms with Crippen molar-refractivity contribution in [1.82, 2.24) is 9.62 Å². The van der Waals surface area contributed by atoms with E-state index in [9.17, 15) is 26.4 Å². The predicted molar refractivity (Wildman–Crippen MR) is 110 cm³/mol. The summed E-state index contributed by atoms with van der Waals surface area (Å²) in [6.07, 6.45) is 0.534. The summed E-state index contributed by atoms with van der Waals surface area (Å²) in [5.74, 6) is -1.97. The number of nitrogens with one attached hydrogen (secondary N) is 1. The lowest BCUT2D eigenvalue weighted by atomic mass is 9.84. The van der Waals surface area contributed by atoms with E-state index < -0.39 is 28.2 Å². The van der Waals surface area contributed by atoms with Crippen molar-refractivity contribution < 1.29 is 26.4 Å². The molecule has 1 aromatic carbocycles. The Morgan fingerprint density at radius 1 is 1.00 bits per heavy atom. The van der Waals surface area contributed by atoms with E-state index in [2.05, 4.69) is 5.32 Å². The van der Waals surface area contributed by atoms with Gasteiger partial charge in [0.25, 0.3) is 0 Å². The number of piperidine rings is 1. The van der Waals surface area contributed by atoms with Crippen LogP contribution in [0.3, 0.4) is 0 Å². The fourth-order valence-corrected chi connectivity index (χ4v) is 6.67. The molecule has 2 aliphatic carbocycles. The average Bonchev–Trinajstić information content (AvgIpc) is 3.21. The molecule has 31 heavy (non-hydrogen) atoms. The number of sulfonamides is 1. The molecule has 1 aliphatic heterocycles. The van der Waals surface area contributed by atoms with Gasteiger partial charge in [-0.05, 0) is 74.6 Å². The van der Waals surface area contributed by atoms with Gasteiger partial charge in [-0.25, -0.2) is 8.42 Å². The Balaban J connectivity index is 1.32. The smallest absolute Gasteiger partial charge is 0.353 e. The molecule has 172 valence electrons. The molecule has 2 unspecified atom stereocenters. The molecule has 1 saturated heterocycles. The highest BCUT2D eigenvalue weighted by molar-refractivity contribution is 7.89. The van der Waals surface area contributed by atoms with E-state index in [0.29, 0.717) is 30.6 Å². The van der Waals surface area contributed by atoms with Crippen molar-refractivity contribution in [2.24, 2.45) is 11.8 Å². The molecule has 5 nitrogen and oxygen atoms in total. The number of halogens is 3. The number of hydrogen-bond acceptors (Lipinski definition) is 3. The fourth-order valence-electron chi connectivity index (χ4n) is 5.15. The first-order chi connectivity index (χ1) is 14.6. The summed E-state index contributed by atoms with van der Waals surface area (Å²) in [6, 6.07) is 4.88. The highest BCUT2D eigenvalue weighted by Crippen LogP contribution is 2.37. The van der Waals surface area contributed by atoms with Crippen molar-refractivity contribution in [1.29, 1.82) is 0 Å². The second-order valence-corrected chi connectivity index (χ2v) is 11.0. The maximum absolute atomic E-state index is 13.0. The molecule has 2 fully saturated rings. The minimum absolute atomic E-state index is 0.0687. The number of rotatable bonds is 4. The minimum atomic E-state index is -4.22. The van der Waals surface area contributed by atoms with Crippen LogP contribution in [0.4, 0.5) is 13.2 Å². The van der Waals surface area contributed by atoms with Gasteiger partial charge >= 0.3 is 6.18 Å². The van der Waals surface area contributed by atoms with Gasteiger partial charge in [0.1, 0.15) is 0 Å². The molecule has 0 radical (unpaired) electrons. The highest BCUT2D eigenvalue weighted by atomic mass is 32.2. The van der Waals surface area contributed by atoms with Crippen LogP contribution in [-0.4, -0.2) is 43.9 Å². The van der Waals surface area contributed by atoms with Crippen LogP contribution in [-0.2, 0) is 27.7 Å². The molecule has 3 aliphatic rings. The zero-order valence-electron chi connectivity index (χ0n) is 17.5. The van der Waals surface area contributed by atoms with Crippen molar-refractivity contribution in [2.45, 2.75) is 74.9 Å². The monoisotopic (exact) mass is 458 g/mol. The van der Waals surface area contributed by atoms with Crippen LogP contribution in [0.15, 0.2) is 23.1 Å². The molecule has 4 rings (SSSR count). The fraction of sp³-hybridized carbons (Fsp3) is 0.682. The first-order valence-corrected chi connectivity index (χ1v) is 12.6. The highest BCUT2D eigenvalue weighted by Gasteiger charge is 2.43. The van der Waals surface area contributed by atoms with Crippen LogP contribution >= 0.6 is 0 Å². The Morgan fingerprint density at radius 2 is 1.71 bits per heavy atom. The molecule has 1 heterocycles. The van der Waals surface area contributed by atoms with Crippen LogP contribution in [0.5, 0.6) is 0 Å². The maximum Gasteiger partial charge on any atom is 0.391 e. The van der Waals surface area contributed by atoms with E-state index in [0.717, 1.165) is 24.8 Å². The van der Waals surface area contributed by atoms with Gasteiger partial charge in [-0.2, -0.15) is 17.5 Å². The van der Waals surface area contributed by atoms with Crippen LogP contribution in [0, 0.1) is 11.8 Å². The first kappa shape index (κ1) is 22.6. The van der Waals surface area contributed by atoms with Crippen LogP contribution < -0.4 is 5.32 Å². The summed E-state index contributed by atoms with van der Waals surface area (Å²) in [7, 11) is -3.61. The minimum Gasteiger partial charge on any atom is -0.353 e. The van der Waals surface area contributed by atoms with Crippen molar-refractivity contribution in [3.8, 4) is 0 Å². The molecule has 9 heteroatoms. The first-order valence-electron chi connectivity index (χ1n) is 11.1. The van der Waals surface area contributed by atoms with E-state index in [1.54, 1.807) is 12.1 Å². The average molecular weight is 459 g/mol. The maximum atomic E-state index is 13.0. The molecular formula is C22H29F3N2O3S. The van der Waals surface area contributed by atoms with Gasteiger partial charge in [0, 0.05) is 25.0 Å². The van der Waals surface area contributed by atoms with Crippen molar-refractivity contribution in [3.63, 3.8) is 0 Å². The molecule has 1 N–H and O–H groups in total. The summed E-state index contributed by atoms with van der Waals surface area (Å²) in [5, 5.41) is 2.80. The third-order valence-electron chi connectivity index (χ3n) is 7.02. The lowest BCUT2D eigenvalue weighted by Crippen LogP contribution is -2.47. The second kappa shape index (κ2) is 8.73. The normalized spacial score (nSPS) is 25.9. The van der Waals surface area contributed by atoms with Crippen molar-refractivity contribution in [2.75, 3.05) is 13.1 Å². The van der Waals surface area contributed by atoms with Crippen LogP contribution in [0.25, 0.3) is 0 Å². The van der Waals surface area contributed by atoms with Gasteiger partial charge in [0.05, 0.1) is 10.8 Å². The summed E-state index contributed by atoms with van der Waals surface area (Å²) < 4.78 is 66.5. The van der Waals surface area contributed by atoms with E-state index in [1.807, 2.05) is 6.07 Å². The molecule has 1 amide bonds. The Labute approximate surface area is 181 Å². The van der Waals surface area contributed by atoms with Crippen LogP contribution in [0.2, 0.25) is 0 Å². The standard InChI is InChI=1S/C22H29F3N2O3S/c23-22(24,25)18-5-2-6-19(14-18)26-21(28)16-9-11-27(12-10-16)31(29,30)20-8-7-15-3-1-4-17(15)13-20/h7-8,13,16,18-19H,1-6,9-12,14H2,(H,26,28). The third-order valence-corrected chi connectivity index (χ3v) is 8.91. The quantitative estimate of drug-likeness (QED) is 0.746. The van der Waals surface area contributed by atoms with E-state index in [4.69, 9.17) is 0 Å². The number of amides is 1. The molecule has 0 bridgehead atoms. The van der Waals surface area contributed by atoms with Crippen molar-refractivity contribution >= 4 is 15.9 Å². The molecule has 1 saturated carbocycles. The van der Waals surface area contributed by atoms with Gasteiger partial charge < -0.3 is 5.32 Å². The summed E-state index contributed by atoms with van der Waals surface area (Å²) in [5.41, 5.74) is 2.31. The van der Waals surface area contributed by atoms with E-state index in [-0.39, 0.29) is 37.8 Å². The molecule has 2 atom stereocenters. The molecule has 1 aromatic rings. The second-order valence-electron chi connectivity index (χ2n) is 9.07. The number of alkyl halides is 3. The summed E-state index contributed by atoms with van der Waals surface area (Å²) in [4.78, 5) is 12.9. The van der Waals surface area contributed by atoms with Crippen LogP contribution in [0.1, 0.15) is 56.1 Å². The number of carbonyl (C=O) groups is 1. The zero-order valence-corrected chi connectivity index (χ0v) is 18.3. The summed E-state index contributed by atoms with van der Waals surface area (Å²) in [6.45, 7) is 0.487. The molecule has 0 aromatic heterocycles. The molecular weight excluding hydrogens is 429 g/mol. The largest absolute Gasteiger partial charge is 0.391 e. The van der Waals surface area contributed by atoms with Gasteiger partial charge in [0.2, 0.25) is 15.9 Å². The van der Waals surface area contributed by atoms with E-state index >= 15 is 0 Å². The Morgan fingerprint density at radius 3 is 2.42 bits per heavy atom. The Hall–Kier alpha value is -1.61. The lowest BCUT2D eigenvalue weighted by Gasteiger charge is -2.34. The van der Waals surface area contributed by atoms with Gasteiger partial charge in [-0.3, -0.25) is 4.79 Å². The topological polar surface area (TPSA) is 66.5 Å². The van der Waals surface area contributed by atoms with Gasteiger partial charge in [0.15, 0.2) is 0 Å². The number of aryl methyl sites for hydroxylation is 2. The Kier molecular flexibility index (Phi) is 6.36. The number of nitrogens with zero attached hydrogens (tertiary/aromatic N) is 1. The lowest BCUT2D eigenvalue weighted by molar-refractivity contribution is -0.184. The number of fused-ring (bicyclic) bond motifs is 1. The van der Waals surface area contributed by atoms with E-state index in [1.165, 1.54) is 9.87 Å².